The number of carbonyl (C=O) groups excluding carboxylic acids is 2. The van der Waals surface area contributed by atoms with Crippen LogP contribution in [0.3, 0.4) is 0 Å². The maximum Gasteiger partial charge on any atom is 0.264 e. The minimum Gasteiger partial charge on any atom is -0.394 e. The fourth-order valence-electron chi connectivity index (χ4n) is 8.68. The zero-order chi connectivity index (χ0) is 54.6. The highest BCUT2D eigenvalue weighted by molar-refractivity contribution is 7.86. The van der Waals surface area contributed by atoms with E-state index in [4.69, 9.17) is 10.2 Å². The van der Waals surface area contributed by atoms with E-state index in [0.717, 1.165) is 33.9 Å². The van der Waals surface area contributed by atoms with Gasteiger partial charge in [0.15, 0.2) is 5.71 Å². The summed E-state index contributed by atoms with van der Waals surface area (Å²) in [7, 11) is -8.38. The van der Waals surface area contributed by atoms with Crippen LogP contribution >= 0.6 is 0 Å². The maximum atomic E-state index is 13.3. The summed E-state index contributed by atoms with van der Waals surface area (Å²) in [6.45, 7) is 5.77. The Labute approximate surface area is 425 Å². The molecule has 2 heterocycles. The Balaban J connectivity index is 1.57. The van der Waals surface area contributed by atoms with E-state index in [-0.39, 0.29) is 24.0 Å². The Kier molecular flexibility index (Phi) is 21.8. The van der Waals surface area contributed by atoms with Crippen molar-refractivity contribution in [2.24, 2.45) is 0 Å². The lowest BCUT2D eigenvalue weighted by Gasteiger charge is -2.27. The van der Waals surface area contributed by atoms with E-state index in [1.807, 2.05) is 49.3 Å². The van der Waals surface area contributed by atoms with Gasteiger partial charge in [-0.3, -0.25) is 18.7 Å². The Hall–Kier alpha value is -4.77. The number of carbonyl (C=O) groups is 2. The molecule has 406 valence electrons. The van der Waals surface area contributed by atoms with Crippen LogP contribution in [0.5, 0.6) is 0 Å². The SMILES string of the molecule is CC1(C)C(/C=C/C=C/C=C/C=C2/N(CCCCS(=O)(=O)O)c3ccc(C(=O)NCC(O)C(O)C(O)[C@@H](O)CO)cc3C2(C)C)=[N+](CCCCS(=O)(=O)O)c2ccc(C(=O)NC[C@@H](O)[C@H](O)[C@@H](O)C(O)CO)cc21. The summed E-state index contributed by atoms with van der Waals surface area (Å²) in [5.74, 6) is -2.08. The summed E-state index contributed by atoms with van der Waals surface area (Å²) in [6.07, 6.45) is -0.458. The van der Waals surface area contributed by atoms with Crippen LogP contribution in [0, 0.1) is 0 Å². The number of allylic oxidation sites excluding steroid dienone is 8. The first-order valence-corrected chi connectivity index (χ1v) is 26.9. The topological polar surface area (TPSA) is 375 Å². The number of nitrogens with one attached hydrogen (secondary N) is 2. The van der Waals surface area contributed by atoms with Gasteiger partial charge in [0.05, 0.1) is 42.3 Å². The van der Waals surface area contributed by atoms with Gasteiger partial charge in [-0.25, -0.2) is 0 Å². The lowest BCUT2D eigenvalue weighted by atomic mass is 9.80. The molecule has 0 saturated heterocycles. The van der Waals surface area contributed by atoms with Gasteiger partial charge in [-0.2, -0.15) is 21.4 Å². The average Bonchev–Trinajstić information content (AvgIpc) is 3.68. The van der Waals surface area contributed by atoms with E-state index in [9.17, 15) is 76.4 Å². The molecule has 14 N–H and O–H groups in total. The van der Waals surface area contributed by atoms with Crippen LogP contribution in [-0.4, -0.2) is 199 Å². The molecule has 0 spiro atoms. The second-order valence-electron chi connectivity index (χ2n) is 19.1. The number of aliphatic hydroxyl groups excluding tert-OH is 10. The van der Waals surface area contributed by atoms with E-state index in [2.05, 4.69) is 10.6 Å². The fourth-order valence-corrected chi connectivity index (χ4v) is 9.81. The normalized spacial score (nSPS) is 19.5. The monoisotopic (exact) mass is 1070 g/mol. The summed E-state index contributed by atoms with van der Waals surface area (Å²) in [5, 5.41) is 103. The molecule has 4 unspecified atom stereocenters. The van der Waals surface area contributed by atoms with E-state index >= 15 is 0 Å². The molecule has 0 radical (unpaired) electrons. The molecular weight excluding hydrogens is 997 g/mol. The van der Waals surface area contributed by atoms with Crippen LogP contribution in [0.1, 0.15) is 85.2 Å². The molecule has 22 nitrogen and oxygen atoms in total. The molecule has 2 aliphatic rings. The highest BCUT2D eigenvalue weighted by Gasteiger charge is 2.45. The zero-order valence-corrected chi connectivity index (χ0v) is 42.8. The molecule has 2 aromatic carbocycles. The fraction of sp³-hybridized carbons (Fsp3) is 0.531. The first-order chi connectivity index (χ1) is 34.1. The van der Waals surface area contributed by atoms with Gasteiger partial charge in [0.2, 0.25) is 5.69 Å². The number of unbranched alkanes of at least 4 members (excludes halogenated alkanes) is 2. The van der Waals surface area contributed by atoms with Crippen LogP contribution in [0.2, 0.25) is 0 Å². The largest absolute Gasteiger partial charge is 0.394 e. The van der Waals surface area contributed by atoms with Crippen molar-refractivity contribution >= 4 is 49.1 Å². The van der Waals surface area contributed by atoms with Crippen LogP contribution < -0.4 is 15.5 Å². The van der Waals surface area contributed by atoms with Crippen molar-refractivity contribution in [1.29, 1.82) is 0 Å². The number of fused-ring (bicyclic) bond motifs is 2. The van der Waals surface area contributed by atoms with Crippen molar-refractivity contribution < 1.29 is 91.2 Å². The van der Waals surface area contributed by atoms with Gasteiger partial charge in [-0.15, -0.1) is 0 Å². The Morgan fingerprint density at radius 3 is 1.60 bits per heavy atom. The second-order valence-corrected chi connectivity index (χ2v) is 22.2. The number of amides is 2. The number of benzene rings is 2. The number of hydrogen-bond donors (Lipinski definition) is 14. The van der Waals surface area contributed by atoms with Crippen LogP contribution in [-0.2, 0) is 31.1 Å². The van der Waals surface area contributed by atoms with Gasteiger partial charge in [0.25, 0.3) is 32.1 Å². The van der Waals surface area contributed by atoms with Gasteiger partial charge in [0, 0.05) is 71.7 Å². The van der Waals surface area contributed by atoms with Crippen molar-refractivity contribution in [1.82, 2.24) is 10.6 Å². The number of nitrogens with zero attached hydrogens (tertiary/aromatic N) is 2. The molecule has 0 saturated carbocycles. The number of anilines is 1. The van der Waals surface area contributed by atoms with Crippen LogP contribution in [0.4, 0.5) is 11.4 Å². The molecule has 8 atom stereocenters. The van der Waals surface area contributed by atoms with E-state index in [0.29, 0.717) is 25.9 Å². The quantitative estimate of drug-likeness (QED) is 0.0212. The van der Waals surface area contributed by atoms with Gasteiger partial charge in [-0.05, 0) is 75.1 Å². The minimum atomic E-state index is -4.19. The summed E-state index contributed by atoms with van der Waals surface area (Å²) < 4.78 is 66.5. The predicted molar refractivity (Wildman–Crippen MR) is 270 cm³/mol. The number of aliphatic hydroxyl groups is 10. The van der Waals surface area contributed by atoms with E-state index in [1.54, 1.807) is 66.8 Å². The summed E-state index contributed by atoms with van der Waals surface area (Å²) in [6, 6.07) is 9.92. The molecule has 2 aromatic rings. The van der Waals surface area contributed by atoms with Crippen molar-refractivity contribution in [3.05, 3.63) is 107 Å². The predicted octanol–water partition coefficient (Wildman–Crippen LogP) is -0.919. The van der Waals surface area contributed by atoms with Gasteiger partial charge >= 0.3 is 0 Å². The molecule has 0 aliphatic carbocycles. The maximum absolute atomic E-state index is 13.3. The summed E-state index contributed by atoms with van der Waals surface area (Å²) >= 11 is 0. The molecule has 2 amide bonds. The van der Waals surface area contributed by atoms with Crippen molar-refractivity contribution in [3.8, 4) is 0 Å². The van der Waals surface area contributed by atoms with E-state index < -0.39 is 130 Å². The first-order valence-electron chi connectivity index (χ1n) is 23.6. The average molecular weight is 1070 g/mol. The van der Waals surface area contributed by atoms with Crippen molar-refractivity contribution in [2.45, 2.75) is 113 Å². The Bertz CT molecular complexity index is 2630. The molecule has 73 heavy (non-hydrogen) atoms. The zero-order valence-electron chi connectivity index (χ0n) is 41.1. The lowest BCUT2D eigenvalue weighted by Crippen LogP contribution is -2.49. The molecule has 24 heteroatoms. The van der Waals surface area contributed by atoms with Crippen molar-refractivity contribution in [3.63, 3.8) is 0 Å². The molecule has 0 bridgehead atoms. The summed E-state index contributed by atoms with van der Waals surface area (Å²) in [4.78, 5) is 28.5. The number of hydrogen-bond acceptors (Lipinski definition) is 17. The third-order valence-corrected chi connectivity index (χ3v) is 14.5. The lowest BCUT2D eigenvalue weighted by molar-refractivity contribution is -0.438. The first kappa shape index (κ1) is 60.8. The second kappa shape index (κ2) is 26.1. The Morgan fingerprint density at radius 2 is 1.08 bits per heavy atom. The minimum absolute atomic E-state index is 0.172. The smallest absolute Gasteiger partial charge is 0.264 e. The summed E-state index contributed by atoms with van der Waals surface area (Å²) in [5.41, 5.74) is 3.55. The molecular formula is C49H71N4O18S2+. The third-order valence-electron chi connectivity index (χ3n) is 12.9. The van der Waals surface area contributed by atoms with Gasteiger partial charge < -0.3 is 66.6 Å². The molecule has 2 aliphatic heterocycles. The van der Waals surface area contributed by atoms with E-state index in [1.165, 1.54) is 0 Å². The Morgan fingerprint density at radius 1 is 0.616 bits per heavy atom. The van der Waals surface area contributed by atoms with Crippen molar-refractivity contribution in [2.75, 3.05) is 55.8 Å². The van der Waals surface area contributed by atoms with Gasteiger partial charge in [0.1, 0.15) is 43.2 Å². The van der Waals surface area contributed by atoms with Gasteiger partial charge in [-0.1, -0.05) is 44.2 Å². The third kappa shape index (κ3) is 16.1. The number of rotatable bonds is 28. The molecule has 4 rings (SSSR count). The molecule has 0 fully saturated rings. The highest BCUT2D eigenvalue weighted by Crippen LogP contribution is 2.48. The highest BCUT2D eigenvalue weighted by atomic mass is 32.2. The van der Waals surface area contributed by atoms with Crippen LogP contribution in [0.25, 0.3) is 0 Å². The standard InChI is InChI=1S/C49H70N4O18S2/c1-48(2)32-24-30(46(64)50-26-36(56)42(60)44(62)38(58)28-54)16-18-34(32)52(20-10-12-22-72(66,67)68)40(48)14-8-6-5-7-9-15-41-49(3,4)33-25-31(17-19-35(33)53(41)21-11-13-23-73(69,70)71)47(65)51-27-37(57)43(61)45(63)39(59)29-55/h5-9,14-19,24-25,36-39,42-45,54-63H,10-13,20-23,26-29H2,1-4H3,(H3-,50,51,64,65,66,67,68,69,70,71)/p+1/t36-,37?,38?,39+,42+,43?,44+,45?/m1/s1. The van der Waals surface area contributed by atoms with Crippen LogP contribution in [0.15, 0.2) is 84.6 Å². The molecule has 0 aromatic heterocycles.